The fourth-order valence-corrected chi connectivity index (χ4v) is 4.87. The van der Waals surface area contributed by atoms with Gasteiger partial charge in [-0.05, 0) is 73.4 Å². The smallest absolute Gasteiger partial charge is 0.315 e. The number of urea groups is 1. The first-order chi connectivity index (χ1) is 15.5. The van der Waals surface area contributed by atoms with Crippen molar-refractivity contribution >= 4 is 33.8 Å². The zero-order valence-electron chi connectivity index (χ0n) is 18.2. The third kappa shape index (κ3) is 4.72. The second-order valence-electron chi connectivity index (χ2n) is 8.40. The maximum Gasteiger partial charge on any atom is 0.315 e. The second kappa shape index (κ2) is 9.86. The molecule has 1 aliphatic heterocycles. The van der Waals surface area contributed by atoms with Crippen LogP contribution in [0.25, 0.3) is 0 Å². The van der Waals surface area contributed by atoms with Crippen molar-refractivity contribution < 1.29 is 14.4 Å². The highest BCUT2D eigenvalue weighted by molar-refractivity contribution is 9.10. The van der Waals surface area contributed by atoms with Crippen LogP contribution in [0.15, 0.2) is 40.9 Å². The average Bonchev–Trinajstić information content (AvgIpc) is 3.03. The predicted molar refractivity (Wildman–Crippen MR) is 127 cm³/mol. The Bertz CT molecular complexity index is 1050. The molecule has 0 spiro atoms. The van der Waals surface area contributed by atoms with Gasteiger partial charge in [-0.1, -0.05) is 41.1 Å². The normalized spacial score (nSPS) is 15.9. The minimum Gasteiger partial charge on any atom is -0.338 e. The van der Waals surface area contributed by atoms with E-state index in [0.717, 1.165) is 29.3 Å². The highest BCUT2D eigenvalue weighted by atomic mass is 79.9. The number of imide groups is 1. The van der Waals surface area contributed by atoms with Crippen LogP contribution in [0.3, 0.4) is 0 Å². The van der Waals surface area contributed by atoms with Gasteiger partial charge in [0.25, 0.3) is 11.8 Å². The van der Waals surface area contributed by atoms with Gasteiger partial charge < -0.3 is 10.6 Å². The number of hydrogen-bond donors (Lipinski definition) is 2. The Morgan fingerprint density at radius 2 is 1.78 bits per heavy atom. The van der Waals surface area contributed by atoms with Crippen LogP contribution in [-0.4, -0.2) is 35.8 Å². The Morgan fingerprint density at radius 1 is 1.03 bits per heavy atom. The Hall–Kier alpha value is -2.67. The van der Waals surface area contributed by atoms with Gasteiger partial charge in [0, 0.05) is 17.6 Å². The first kappa shape index (κ1) is 22.5. The summed E-state index contributed by atoms with van der Waals surface area (Å²) in [6.45, 7) is 2.71. The average molecular weight is 498 g/mol. The summed E-state index contributed by atoms with van der Waals surface area (Å²) in [6.07, 6.45) is 6.03. The summed E-state index contributed by atoms with van der Waals surface area (Å²) in [5.41, 5.74) is 4.83. The Balaban J connectivity index is 1.26. The summed E-state index contributed by atoms with van der Waals surface area (Å²) in [6, 6.07) is 11.4. The van der Waals surface area contributed by atoms with Gasteiger partial charge in [0.1, 0.15) is 0 Å². The number of rotatable bonds is 7. The minimum absolute atomic E-state index is 0.0445. The number of fused-ring (bicyclic) bond motifs is 2. The fourth-order valence-electron chi connectivity index (χ4n) is 4.51. The fraction of sp³-hybridized carbons (Fsp3) is 0.400. The molecule has 6 nitrogen and oxygen atoms in total. The summed E-state index contributed by atoms with van der Waals surface area (Å²) in [4.78, 5) is 38.7. The van der Waals surface area contributed by atoms with Gasteiger partial charge >= 0.3 is 6.03 Å². The number of benzene rings is 2. The molecule has 168 valence electrons. The van der Waals surface area contributed by atoms with Crippen molar-refractivity contribution in [3.8, 4) is 0 Å². The van der Waals surface area contributed by atoms with Gasteiger partial charge in [-0.25, -0.2) is 4.79 Å². The van der Waals surface area contributed by atoms with Gasteiger partial charge in [0.05, 0.1) is 17.2 Å². The summed E-state index contributed by atoms with van der Waals surface area (Å²) >= 11 is 3.34. The zero-order chi connectivity index (χ0) is 22.7. The molecule has 7 heteroatoms. The van der Waals surface area contributed by atoms with E-state index in [0.29, 0.717) is 24.1 Å². The van der Waals surface area contributed by atoms with E-state index in [1.807, 2.05) is 0 Å². The van der Waals surface area contributed by atoms with E-state index in [2.05, 4.69) is 51.7 Å². The Kier molecular flexibility index (Phi) is 6.94. The van der Waals surface area contributed by atoms with Crippen molar-refractivity contribution in [3.05, 3.63) is 68.7 Å². The molecule has 1 unspecified atom stereocenters. The predicted octanol–water partition coefficient (Wildman–Crippen LogP) is 4.76. The Morgan fingerprint density at radius 3 is 2.56 bits per heavy atom. The maximum absolute atomic E-state index is 12.5. The number of hydrogen-bond acceptors (Lipinski definition) is 3. The van der Waals surface area contributed by atoms with Crippen LogP contribution in [0.5, 0.6) is 0 Å². The third-order valence-corrected chi connectivity index (χ3v) is 6.76. The molecule has 4 rings (SSSR count). The lowest BCUT2D eigenvalue weighted by atomic mass is 9.89. The van der Waals surface area contributed by atoms with E-state index in [1.54, 1.807) is 18.2 Å². The maximum atomic E-state index is 12.5. The molecule has 0 aromatic heterocycles. The molecule has 1 atom stereocenters. The van der Waals surface area contributed by atoms with E-state index in [9.17, 15) is 14.4 Å². The number of nitrogens with zero attached hydrogens (tertiary/aromatic N) is 1. The van der Waals surface area contributed by atoms with Crippen molar-refractivity contribution in [3.63, 3.8) is 0 Å². The van der Waals surface area contributed by atoms with Crippen LogP contribution in [0.2, 0.25) is 0 Å². The molecule has 32 heavy (non-hydrogen) atoms. The summed E-state index contributed by atoms with van der Waals surface area (Å²) in [5, 5.41) is 5.91. The first-order valence-electron chi connectivity index (χ1n) is 11.3. The molecule has 2 aromatic carbocycles. The number of nitrogens with one attached hydrogen (secondary N) is 2. The molecule has 1 aliphatic carbocycles. The monoisotopic (exact) mass is 497 g/mol. The van der Waals surface area contributed by atoms with E-state index in [-0.39, 0.29) is 30.4 Å². The van der Waals surface area contributed by atoms with Crippen LogP contribution >= 0.6 is 15.9 Å². The molecule has 2 aromatic rings. The van der Waals surface area contributed by atoms with E-state index >= 15 is 0 Å². The molecule has 0 saturated heterocycles. The van der Waals surface area contributed by atoms with Crippen molar-refractivity contribution in [1.29, 1.82) is 0 Å². The topological polar surface area (TPSA) is 78.5 Å². The first-order valence-corrected chi connectivity index (χ1v) is 12.1. The van der Waals surface area contributed by atoms with Crippen molar-refractivity contribution in [2.75, 3.05) is 13.1 Å². The highest BCUT2D eigenvalue weighted by Crippen LogP contribution is 2.27. The number of amides is 4. The minimum atomic E-state index is -0.283. The lowest BCUT2D eigenvalue weighted by Gasteiger charge is -2.22. The molecule has 1 heterocycles. The lowest BCUT2D eigenvalue weighted by Crippen LogP contribution is -2.39. The van der Waals surface area contributed by atoms with Gasteiger partial charge in [-0.3, -0.25) is 14.5 Å². The van der Waals surface area contributed by atoms with E-state index in [1.165, 1.54) is 28.9 Å². The van der Waals surface area contributed by atoms with Crippen molar-refractivity contribution in [1.82, 2.24) is 15.5 Å². The standard InChI is InChI=1S/C25H28BrN3O3/c1-2-22(18-9-8-16-6-3-4-7-17(16)14-18)28-25(32)27-12-5-13-29-23(30)20-11-10-19(26)15-21(20)24(29)31/h8-11,14-15,22H,2-7,12-13H2,1H3,(H2,27,28,32). The van der Waals surface area contributed by atoms with Gasteiger partial charge in [0.2, 0.25) is 0 Å². The summed E-state index contributed by atoms with van der Waals surface area (Å²) in [7, 11) is 0. The van der Waals surface area contributed by atoms with Gasteiger partial charge in [0.15, 0.2) is 0 Å². The third-order valence-electron chi connectivity index (χ3n) is 6.27. The van der Waals surface area contributed by atoms with Crippen LogP contribution in [-0.2, 0) is 12.8 Å². The number of carbonyl (C=O) groups excluding carboxylic acids is 3. The molecular formula is C25H28BrN3O3. The summed E-state index contributed by atoms with van der Waals surface area (Å²) in [5.74, 6) is -0.561. The molecular weight excluding hydrogens is 470 g/mol. The zero-order valence-corrected chi connectivity index (χ0v) is 19.8. The van der Waals surface area contributed by atoms with Gasteiger partial charge in [-0.2, -0.15) is 0 Å². The quantitative estimate of drug-likeness (QED) is 0.427. The Labute approximate surface area is 196 Å². The van der Waals surface area contributed by atoms with Crippen molar-refractivity contribution in [2.45, 2.75) is 51.5 Å². The van der Waals surface area contributed by atoms with Gasteiger partial charge in [-0.15, -0.1) is 0 Å². The van der Waals surface area contributed by atoms with E-state index in [4.69, 9.17) is 0 Å². The molecule has 2 N–H and O–H groups in total. The second-order valence-corrected chi connectivity index (χ2v) is 9.32. The highest BCUT2D eigenvalue weighted by Gasteiger charge is 2.35. The molecule has 0 bridgehead atoms. The van der Waals surface area contributed by atoms with Crippen LogP contribution in [0.1, 0.15) is 76.1 Å². The molecule has 0 radical (unpaired) electrons. The lowest BCUT2D eigenvalue weighted by molar-refractivity contribution is 0.0653. The van der Waals surface area contributed by atoms with Crippen LogP contribution in [0, 0.1) is 0 Å². The van der Waals surface area contributed by atoms with E-state index < -0.39 is 0 Å². The molecule has 2 aliphatic rings. The van der Waals surface area contributed by atoms with Crippen molar-refractivity contribution in [2.24, 2.45) is 0 Å². The summed E-state index contributed by atoms with van der Waals surface area (Å²) < 4.78 is 0.766. The SMILES string of the molecule is CCC(NC(=O)NCCCN1C(=O)c2ccc(Br)cc2C1=O)c1ccc2c(c1)CCCC2. The number of halogens is 1. The van der Waals surface area contributed by atoms with Crippen LogP contribution < -0.4 is 10.6 Å². The largest absolute Gasteiger partial charge is 0.338 e. The molecule has 4 amide bonds. The molecule has 0 saturated carbocycles. The number of aryl methyl sites for hydroxylation is 2. The van der Waals surface area contributed by atoms with Crippen LogP contribution in [0.4, 0.5) is 4.79 Å². The number of carbonyl (C=O) groups is 3. The molecule has 0 fully saturated rings.